The molecule has 0 saturated heterocycles. The molecule has 6 heteroatoms. The lowest BCUT2D eigenvalue weighted by Crippen LogP contribution is -2.57. The number of nitrogens with one attached hydrogen (secondary N) is 1. The Morgan fingerprint density at radius 3 is 2.50 bits per heavy atom. The number of rotatable bonds is 7. The van der Waals surface area contributed by atoms with Crippen molar-refractivity contribution < 1.29 is 19.6 Å². The molecule has 0 aliphatic carbocycles. The van der Waals surface area contributed by atoms with Crippen LogP contribution in [0.5, 0.6) is 0 Å². The first-order valence-electron chi connectivity index (χ1n) is 7.37. The summed E-state index contributed by atoms with van der Waals surface area (Å²) in [6.07, 6.45) is -1.15. The van der Waals surface area contributed by atoms with Gasteiger partial charge >= 0.3 is 0 Å². The third kappa shape index (κ3) is 6.11. The fourth-order valence-electron chi connectivity index (χ4n) is 2.38. The number of amides is 1. The van der Waals surface area contributed by atoms with Crippen LogP contribution < -0.4 is 5.43 Å². The average Bonchev–Trinajstić information content (AvgIpc) is 2.35. The minimum atomic E-state index is -0.636. The van der Waals surface area contributed by atoms with Gasteiger partial charge in [0, 0.05) is 12.1 Å². The van der Waals surface area contributed by atoms with Crippen LogP contribution in [0.4, 0.5) is 0 Å². The van der Waals surface area contributed by atoms with E-state index in [-0.39, 0.29) is 10.5 Å². The standard InChI is InChI=1S/C16H27N3O3/c1-12(20)11-19(4,5)17-16(22)14-8-6-7-13(9-14)15(21)10-18(2)3/h6-9,12,15,20-21H,10-11H2,1-5H3/p+1/t12-,15+/m0/s1. The van der Waals surface area contributed by atoms with Crippen LogP contribution in [0.15, 0.2) is 24.3 Å². The van der Waals surface area contributed by atoms with E-state index >= 15 is 0 Å². The van der Waals surface area contributed by atoms with Crippen molar-refractivity contribution in [2.75, 3.05) is 41.3 Å². The number of carbonyl (C=O) groups excluding carboxylic acids is 1. The van der Waals surface area contributed by atoms with Gasteiger partial charge in [0.25, 0.3) is 5.91 Å². The Morgan fingerprint density at radius 2 is 1.95 bits per heavy atom. The zero-order valence-corrected chi connectivity index (χ0v) is 14.1. The number of nitrogens with zero attached hydrogens (tertiary/aromatic N) is 2. The molecule has 0 bridgehead atoms. The topological polar surface area (TPSA) is 72.8 Å². The zero-order valence-electron chi connectivity index (χ0n) is 14.1. The normalized spacial score (nSPS) is 14.7. The summed E-state index contributed by atoms with van der Waals surface area (Å²) in [5.74, 6) is -0.232. The molecule has 22 heavy (non-hydrogen) atoms. The number of hydrogen-bond donors (Lipinski definition) is 3. The van der Waals surface area contributed by atoms with Crippen molar-refractivity contribution >= 4 is 5.91 Å². The zero-order chi connectivity index (χ0) is 16.9. The van der Waals surface area contributed by atoms with Crippen LogP contribution in [0.1, 0.15) is 28.9 Å². The van der Waals surface area contributed by atoms with E-state index in [1.54, 1.807) is 31.2 Å². The first kappa shape index (κ1) is 18.6. The molecule has 124 valence electrons. The van der Waals surface area contributed by atoms with Crippen LogP contribution in [0.2, 0.25) is 0 Å². The summed E-state index contributed by atoms with van der Waals surface area (Å²) >= 11 is 0. The highest BCUT2D eigenvalue weighted by Gasteiger charge is 2.22. The van der Waals surface area contributed by atoms with Gasteiger partial charge in [0.1, 0.15) is 12.6 Å². The molecule has 0 radical (unpaired) electrons. The highest BCUT2D eigenvalue weighted by molar-refractivity contribution is 5.93. The lowest BCUT2D eigenvalue weighted by atomic mass is 10.1. The second-order valence-electron chi connectivity index (χ2n) is 6.56. The van der Waals surface area contributed by atoms with Crippen molar-refractivity contribution in [1.29, 1.82) is 0 Å². The Hall–Kier alpha value is -1.47. The fraction of sp³-hybridized carbons (Fsp3) is 0.562. The molecule has 0 saturated carbocycles. The van der Waals surface area contributed by atoms with Crippen molar-refractivity contribution in [3.8, 4) is 0 Å². The summed E-state index contributed by atoms with van der Waals surface area (Å²) in [7, 11) is 7.40. The maximum absolute atomic E-state index is 12.3. The van der Waals surface area contributed by atoms with Gasteiger partial charge in [0.05, 0.1) is 20.2 Å². The molecule has 3 N–H and O–H groups in total. The van der Waals surface area contributed by atoms with Crippen LogP contribution >= 0.6 is 0 Å². The Balaban J connectivity index is 2.82. The Kier molecular flexibility index (Phi) is 6.49. The number of aliphatic hydroxyl groups excluding tert-OH is 2. The van der Waals surface area contributed by atoms with Crippen molar-refractivity contribution in [3.63, 3.8) is 0 Å². The van der Waals surface area contributed by atoms with Gasteiger partial charge in [-0.1, -0.05) is 12.1 Å². The Bertz CT molecular complexity index is 501. The molecular weight excluding hydrogens is 282 g/mol. The van der Waals surface area contributed by atoms with Gasteiger partial charge in [-0.15, -0.1) is 0 Å². The fourth-order valence-corrected chi connectivity index (χ4v) is 2.38. The number of quaternary nitrogens is 1. The summed E-state index contributed by atoms with van der Waals surface area (Å²) in [5.41, 5.74) is 4.06. The summed E-state index contributed by atoms with van der Waals surface area (Å²) in [6, 6.07) is 6.98. The minimum Gasteiger partial charge on any atom is -0.387 e. The van der Waals surface area contributed by atoms with E-state index in [2.05, 4.69) is 5.43 Å². The molecule has 0 aliphatic heterocycles. The molecular formula is C16H28N3O3+. The molecule has 0 aliphatic rings. The highest BCUT2D eigenvalue weighted by Crippen LogP contribution is 2.15. The molecule has 0 aromatic heterocycles. The van der Waals surface area contributed by atoms with E-state index in [0.29, 0.717) is 24.2 Å². The molecule has 0 heterocycles. The van der Waals surface area contributed by atoms with Crippen LogP contribution in [-0.4, -0.2) is 73.0 Å². The van der Waals surface area contributed by atoms with Crippen molar-refractivity contribution in [1.82, 2.24) is 10.3 Å². The lowest BCUT2D eigenvalue weighted by molar-refractivity contribution is -0.927. The first-order chi connectivity index (χ1) is 10.1. The van der Waals surface area contributed by atoms with Gasteiger partial charge in [-0.3, -0.25) is 4.79 Å². The third-order valence-corrected chi connectivity index (χ3v) is 3.20. The third-order valence-electron chi connectivity index (χ3n) is 3.20. The van der Waals surface area contributed by atoms with Crippen LogP contribution in [0.3, 0.4) is 0 Å². The number of likely N-dealkylation sites (N-methyl/N-ethyl adjacent to an activating group) is 2. The van der Waals surface area contributed by atoms with Gasteiger partial charge in [0.15, 0.2) is 0 Å². The average molecular weight is 310 g/mol. The second-order valence-corrected chi connectivity index (χ2v) is 6.56. The highest BCUT2D eigenvalue weighted by atomic mass is 16.3. The SMILES string of the molecule is C[C@H](O)C[N+](C)(C)NC(=O)c1cccc([C@H](O)CN(C)C)c1. The number of aliphatic hydroxyl groups is 2. The van der Waals surface area contributed by atoms with E-state index in [1.165, 1.54) is 0 Å². The number of benzene rings is 1. The van der Waals surface area contributed by atoms with Gasteiger partial charge < -0.3 is 15.1 Å². The molecule has 6 nitrogen and oxygen atoms in total. The van der Waals surface area contributed by atoms with Crippen molar-refractivity contribution in [3.05, 3.63) is 35.4 Å². The maximum atomic E-state index is 12.3. The van der Waals surface area contributed by atoms with Crippen LogP contribution in [0, 0.1) is 0 Å². The predicted molar refractivity (Wildman–Crippen MR) is 86.1 cm³/mol. The molecule has 0 unspecified atom stereocenters. The van der Waals surface area contributed by atoms with Crippen molar-refractivity contribution in [2.24, 2.45) is 0 Å². The second kappa shape index (κ2) is 7.69. The largest absolute Gasteiger partial charge is 0.387 e. The quantitative estimate of drug-likeness (QED) is 0.503. The summed E-state index contributed by atoms with van der Waals surface area (Å²) < 4.78 is 0.182. The number of carbonyl (C=O) groups is 1. The molecule has 2 atom stereocenters. The van der Waals surface area contributed by atoms with Gasteiger partial charge in [-0.25, -0.2) is 4.59 Å². The monoisotopic (exact) mass is 310 g/mol. The maximum Gasteiger partial charge on any atom is 0.295 e. The molecule has 1 amide bonds. The molecule has 0 spiro atoms. The van der Waals surface area contributed by atoms with Crippen LogP contribution in [0.25, 0.3) is 0 Å². The lowest BCUT2D eigenvalue weighted by Gasteiger charge is -2.30. The van der Waals surface area contributed by atoms with E-state index < -0.39 is 12.2 Å². The predicted octanol–water partition coefficient (Wildman–Crippen LogP) is 0.384. The molecule has 0 fully saturated rings. The minimum absolute atomic E-state index is 0.182. The molecule has 1 rings (SSSR count). The van der Waals surface area contributed by atoms with Gasteiger partial charge in [-0.2, -0.15) is 5.43 Å². The Morgan fingerprint density at radius 1 is 1.32 bits per heavy atom. The van der Waals surface area contributed by atoms with Crippen molar-refractivity contribution in [2.45, 2.75) is 19.1 Å². The smallest absolute Gasteiger partial charge is 0.295 e. The van der Waals surface area contributed by atoms with E-state index in [9.17, 15) is 15.0 Å². The van der Waals surface area contributed by atoms with E-state index in [1.807, 2.05) is 33.1 Å². The summed E-state index contributed by atoms with van der Waals surface area (Å²) in [6.45, 7) is 2.59. The van der Waals surface area contributed by atoms with E-state index in [0.717, 1.165) is 0 Å². The van der Waals surface area contributed by atoms with Crippen LogP contribution in [-0.2, 0) is 0 Å². The summed E-state index contributed by atoms with van der Waals surface area (Å²) in [4.78, 5) is 14.2. The summed E-state index contributed by atoms with van der Waals surface area (Å²) in [5, 5.41) is 19.6. The Labute approximate surface area is 132 Å². The van der Waals surface area contributed by atoms with Gasteiger partial charge in [0.2, 0.25) is 0 Å². The van der Waals surface area contributed by atoms with E-state index in [4.69, 9.17) is 0 Å². The number of hydrogen-bond acceptors (Lipinski definition) is 4. The molecule has 1 aromatic rings. The first-order valence-corrected chi connectivity index (χ1v) is 7.37. The van der Waals surface area contributed by atoms with Gasteiger partial charge in [-0.05, 0) is 38.7 Å². The molecule has 1 aromatic carbocycles.